The van der Waals surface area contributed by atoms with Gasteiger partial charge in [-0.25, -0.2) is 18.4 Å². The smallest absolute Gasteiger partial charge is 0.353 e. The Balaban J connectivity index is 3.36. The van der Waals surface area contributed by atoms with Crippen LogP contribution in [0.5, 0.6) is 0 Å². The second kappa shape index (κ2) is 2.61. The van der Waals surface area contributed by atoms with Gasteiger partial charge in [0.25, 0.3) is 0 Å². The molecule has 1 aromatic rings. The lowest BCUT2D eigenvalue weighted by Crippen LogP contribution is -2.15. The first kappa shape index (κ1) is 8.75. The molecular formula is C5H6N2O4S. The molecule has 0 amide bonds. The molecule has 1 aromatic heterocycles. The van der Waals surface area contributed by atoms with Crippen molar-refractivity contribution in [2.45, 2.75) is 4.90 Å². The van der Waals surface area contributed by atoms with Crippen molar-refractivity contribution in [3.05, 3.63) is 18.0 Å². The van der Waals surface area contributed by atoms with E-state index < -0.39 is 26.6 Å². The number of H-pyrrole nitrogens is 1. The van der Waals surface area contributed by atoms with Crippen molar-refractivity contribution in [2.24, 2.45) is 5.14 Å². The maximum absolute atomic E-state index is 10.7. The molecule has 1 heterocycles. The number of carboxylic acids is 1. The Labute approximate surface area is 68.1 Å². The zero-order valence-electron chi connectivity index (χ0n) is 5.81. The van der Waals surface area contributed by atoms with Crippen molar-refractivity contribution in [1.82, 2.24) is 4.98 Å². The predicted octanol–water partition coefficient (Wildman–Crippen LogP) is -0.640. The summed E-state index contributed by atoms with van der Waals surface area (Å²) in [5.74, 6) is -1.36. The minimum Gasteiger partial charge on any atom is -0.477 e. The van der Waals surface area contributed by atoms with Gasteiger partial charge in [0.2, 0.25) is 10.0 Å². The quantitative estimate of drug-likeness (QED) is 0.575. The summed E-state index contributed by atoms with van der Waals surface area (Å²) in [7, 11) is -3.95. The fraction of sp³-hybridized carbons (Fsp3) is 0. The molecule has 0 saturated carbocycles. The number of rotatable bonds is 2. The lowest BCUT2D eigenvalue weighted by Gasteiger charge is -1.94. The molecule has 0 radical (unpaired) electrons. The second-order valence-electron chi connectivity index (χ2n) is 2.07. The topological polar surface area (TPSA) is 113 Å². The van der Waals surface area contributed by atoms with Gasteiger partial charge in [0, 0.05) is 6.20 Å². The van der Waals surface area contributed by atoms with E-state index in [-0.39, 0.29) is 0 Å². The third kappa shape index (κ3) is 1.46. The number of primary sulfonamides is 1. The van der Waals surface area contributed by atoms with E-state index in [4.69, 9.17) is 10.2 Å². The van der Waals surface area contributed by atoms with Crippen LogP contribution >= 0.6 is 0 Å². The first-order valence-corrected chi connectivity index (χ1v) is 4.41. The van der Waals surface area contributed by atoms with Crippen molar-refractivity contribution in [3.63, 3.8) is 0 Å². The largest absolute Gasteiger partial charge is 0.477 e. The van der Waals surface area contributed by atoms with Crippen LogP contribution in [0.25, 0.3) is 0 Å². The Morgan fingerprint density at radius 2 is 2.17 bits per heavy atom. The highest BCUT2D eigenvalue weighted by atomic mass is 32.2. The van der Waals surface area contributed by atoms with Crippen molar-refractivity contribution in [1.29, 1.82) is 0 Å². The van der Waals surface area contributed by atoms with Crippen LogP contribution in [0, 0.1) is 0 Å². The lowest BCUT2D eigenvalue weighted by molar-refractivity contribution is 0.0687. The van der Waals surface area contributed by atoms with Crippen molar-refractivity contribution >= 4 is 16.0 Å². The zero-order valence-corrected chi connectivity index (χ0v) is 6.63. The molecule has 1 rings (SSSR count). The van der Waals surface area contributed by atoms with Gasteiger partial charge in [-0.05, 0) is 6.07 Å². The normalized spacial score (nSPS) is 11.4. The molecule has 0 saturated heterocycles. The Morgan fingerprint density at radius 1 is 1.58 bits per heavy atom. The highest BCUT2D eigenvalue weighted by Gasteiger charge is 2.19. The maximum atomic E-state index is 10.7. The molecule has 7 heteroatoms. The van der Waals surface area contributed by atoms with Crippen LogP contribution in [0.4, 0.5) is 0 Å². The Bertz CT molecular complexity index is 405. The van der Waals surface area contributed by atoms with Crippen LogP contribution in [0.1, 0.15) is 10.5 Å². The summed E-state index contributed by atoms with van der Waals surface area (Å²) in [4.78, 5) is 12.2. The molecule has 0 atom stereocenters. The molecular weight excluding hydrogens is 184 g/mol. The van der Waals surface area contributed by atoms with Crippen LogP contribution in [-0.2, 0) is 10.0 Å². The maximum Gasteiger partial charge on any atom is 0.353 e. The molecule has 0 aliphatic rings. The van der Waals surface area contributed by atoms with Gasteiger partial charge < -0.3 is 10.1 Å². The summed E-state index contributed by atoms with van der Waals surface area (Å²) in [5, 5.41) is 13.2. The standard InChI is InChI=1S/C5H6N2O4S/c6-12(10,11)3-1-2-7-4(3)5(8)9/h1-2,7H,(H,8,9)(H2,6,10,11). The number of carbonyl (C=O) groups is 1. The van der Waals surface area contributed by atoms with Crippen LogP contribution < -0.4 is 5.14 Å². The van der Waals surface area contributed by atoms with Crippen molar-refractivity contribution < 1.29 is 18.3 Å². The van der Waals surface area contributed by atoms with Gasteiger partial charge in [-0.15, -0.1) is 0 Å². The predicted molar refractivity (Wildman–Crippen MR) is 39.1 cm³/mol. The second-order valence-corrected chi connectivity index (χ2v) is 3.60. The fourth-order valence-corrected chi connectivity index (χ4v) is 1.45. The van der Waals surface area contributed by atoms with Crippen molar-refractivity contribution in [3.8, 4) is 0 Å². The summed E-state index contributed by atoms with van der Waals surface area (Å²) in [6, 6.07) is 1.10. The van der Waals surface area contributed by atoms with Gasteiger partial charge in [0.05, 0.1) is 0 Å². The number of sulfonamides is 1. The molecule has 66 valence electrons. The number of aromatic nitrogens is 1. The Morgan fingerprint density at radius 3 is 2.50 bits per heavy atom. The molecule has 0 bridgehead atoms. The monoisotopic (exact) mass is 190 g/mol. The number of carboxylic acid groups (broad SMARTS) is 1. The first-order chi connectivity index (χ1) is 5.43. The molecule has 0 aliphatic carbocycles. The van der Waals surface area contributed by atoms with Crippen LogP contribution in [0.2, 0.25) is 0 Å². The summed E-state index contributed by atoms with van der Waals surface area (Å²) >= 11 is 0. The number of aromatic carboxylic acids is 1. The Kier molecular flexibility index (Phi) is 1.90. The van der Waals surface area contributed by atoms with Crippen LogP contribution in [0.15, 0.2) is 17.2 Å². The summed E-state index contributed by atoms with van der Waals surface area (Å²) in [6.45, 7) is 0. The third-order valence-corrected chi connectivity index (χ3v) is 2.18. The van der Waals surface area contributed by atoms with E-state index in [9.17, 15) is 13.2 Å². The average Bonchev–Trinajstić information content (AvgIpc) is 2.30. The fourth-order valence-electron chi connectivity index (χ4n) is 0.759. The molecule has 0 spiro atoms. The van der Waals surface area contributed by atoms with Crippen LogP contribution in [0.3, 0.4) is 0 Å². The van der Waals surface area contributed by atoms with E-state index >= 15 is 0 Å². The zero-order chi connectivity index (χ0) is 9.35. The third-order valence-electron chi connectivity index (χ3n) is 1.23. The SMILES string of the molecule is NS(=O)(=O)c1cc[nH]c1C(=O)O. The molecule has 0 fully saturated rings. The molecule has 0 aliphatic heterocycles. The summed E-state index contributed by atoms with van der Waals surface area (Å²) < 4.78 is 21.4. The number of nitrogens with one attached hydrogen (secondary N) is 1. The Hall–Kier alpha value is -1.34. The van der Waals surface area contributed by atoms with Gasteiger partial charge in [-0.2, -0.15) is 0 Å². The molecule has 12 heavy (non-hydrogen) atoms. The highest BCUT2D eigenvalue weighted by molar-refractivity contribution is 7.89. The minimum atomic E-state index is -3.95. The van der Waals surface area contributed by atoms with Crippen LogP contribution in [-0.4, -0.2) is 24.5 Å². The first-order valence-electron chi connectivity index (χ1n) is 2.86. The number of hydrogen-bond donors (Lipinski definition) is 3. The van der Waals surface area contributed by atoms with E-state index in [2.05, 4.69) is 4.98 Å². The van der Waals surface area contributed by atoms with E-state index in [1.165, 1.54) is 6.20 Å². The summed E-state index contributed by atoms with van der Waals surface area (Å²) in [5.41, 5.74) is -0.419. The lowest BCUT2D eigenvalue weighted by atomic mass is 10.4. The minimum absolute atomic E-state index is 0.407. The van der Waals surface area contributed by atoms with Gasteiger partial charge in [0.15, 0.2) is 0 Å². The molecule has 0 unspecified atom stereocenters. The van der Waals surface area contributed by atoms with Gasteiger partial charge in [-0.3, -0.25) is 0 Å². The molecule has 4 N–H and O–H groups in total. The van der Waals surface area contributed by atoms with Gasteiger partial charge >= 0.3 is 5.97 Å². The average molecular weight is 190 g/mol. The molecule has 6 nitrogen and oxygen atoms in total. The highest BCUT2D eigenvalue weighted by Crippen LogP contribution is 2.11. The van der Waals surface area contributed by atoms with Gasteiger partial charge in [0.1, 0.15) is 10.6 Å². The number of nitrogens with two attached hydrogens (primary N) is 1. The van der Waals surface area contributed by atoms with Crippen molar-refractivity contribution in [2.75, 3.05) is 0 Å². The number of hydrogen-bond acceptors (Lipinski definition) is 3. The van der Waals surface area contributed by atoms with E-state index in [1.807, 2.05) is 0 Å². The van der Waals surface area contributed by atoms with E-state index in [1.54, 1.807) is 0 Å². The van der Waals surface area contributed by atoms with E-state index in [0.717, 1.165) is 6.07 Å². The summed E-state index contributed by atoms with van der Waals surface area (Å²) in [6.07, 6.45) is 1.20. The number of aromatic amines is 1. The van der Waals surface area contributed by atoms with E-state index in [0.29, 0.717) is 0 Å². The molecule has 0 aromatic carbocycles. The van der Waals surface area contributed by atoms with Gasteiger partial charge in [-0.1, -0.05) is 0 Å².